The van der Waals surface area contributed by atoms with Gasteiger partial charge in [-0.25, -0.2) is 0 Å². The summed E-state index contributed by atoms with van der Waals surface area (Å²) in [4.78, 5) is 11.7. The van der Waals surface area contributed by atoms with Gasteiger partial charge in [0.05, 0.1) is 0 Å². The summed E-state index contributed by atoms with van der Waals surface area (Å²) in [7, 11) is 1.96. The molecule has 0 aliphatic carbocycles. The van der Waals surface area contributed by atoms with Crippen LogP contribution in [0.4, 0.5) is 0 Å². The van der Waals surface area contributed by atoms with Crippen LogP contribution in [0.15, 0.2) is 23.1 Å². The molecular weight excluding hydrogens is 188 g/mol. The fourth-order valence-electron chi connectivity index (χ4n) is 1.55. The molecule has 0 amide bonds. The lowest BCUT2D eigenvalue weighted by atomic mass is 10.2. The Kier molecular flexibility index (Phi) is 4.56. The summed E-state index contributed by atoms with van der Waals surface area (Å²) in [6, 6.07) is 4.30. The van der Waals surface area contributed by atoms with Crippen LogP contribution in [0.5, 0.6) is 0 Å². The van der Waals surface area contributed by atoms with E-state index < -0.39 is 0 Å². The SMILES string of the molecule is CNC(C)CCCn1cccc(C)c1=O. The van der Waals surface area contributed by atoms with Crippen LogP contribution in [0.1, 0.15) is 25.3 Å². The summed E-state index contributed by atoms with van der Waals surface area (Å²) in [5.41, 5.74) is 0.953. The normalized spacial score (nSPS) is 12.7. The molecule has 1 N–H and O–H groups in total. The van der Waals surface area contributed by atoms with Gasteiger partial charge in [-0.05, 0) is 39.8 Å². The lowest BCUT2D eigenvalue weighted by Gasteiger charge is -2.10. The van der Waals surface area contributed by atoms with Gasteiger partial charge >= 0.3 is 0 Å². The Hall–Kier alpha value is -1.09. The monoisotopic (exact) mass is 208 g/mol. The average molecular weight is 208 g/mol. The zero-order valence-corrected chi connectivity index (χ0v) is 9.79. The van der Waals surface area contributed by atoms with E-state index in [0.29, 0.717) is 6.04 Å². The molecule has 0 aromatic carbocycles. The maximum atomic E-state index is 11.7. The minimum absolute atomic E-state index is 0.134. The Bertz CT molecular complexity index is 357. The maximum absolute atomic E-state index is 11.7. The van der Waals surface area contributed by atoms with Gasteiger partial charge in [0, 0.05) is 24.3 Å². The molecule has 3 heteroatoms. The summed E-state index contributed by atoms with van der Waals surface area (Å²) in [5, 5.41) is 3.19. The van der Waals surface area contributed by atoms with E-state index in [1.807, 2.05) is 32.3 Å². The van der Waals surface area contributed by atoms with Gasteiger partial charge in [-0.1, -0.05) is 6.07 Å². The molecule has 0 aliphatic heterocycles. The van der Waals surface area contributed by atoms with E-state index in [0.717, 1.165) is 24.9 Å². The minimum Gasteiger partial charge on any atom is -0.317 e. The number of nitrogens with one attached hydrogen (secondary N) is 1. The molecule has 1 atom stereocenters. The number of aromatic nitrogens is 1. The first kappa shape index (κ1) is 12.0. The van der Waals surface area contributed by atoms with Gasteiger partial charge in [0.1, 0.15) is 0 Å². The standard InChI is InChI=1S/C12H20N2O/c1-10-6-4-8-14(12(10)15)9-5-7-11(2)13-3/h4,6,8,11,13H,5,7,9H2,1-3H3. The van der Waals surface area contributed by atoms with Gasteiger partial charge in [0.25, 0.3) is 5.56 Å². The molecule has 0 radical (unpaired) electrons. The van der Waals surface area contributed by atoms with Crippen LogP contribution >= 0.6 is 0 Å². The minimum atomic E-state index is 0.134. The molecule has 1 aromatic heterocycles. The molecule has 0 saturated carbocycles. The molecule has 0 fully saturated rings. The second-order valence-corrected chi connectivity index (χ2v) is 4.02. The van der Waals surface area contributed by atoms with Crippen LogP contribution in [-0.4, -0.2) is 17.7 Å². The second-order valence-electron chi connectivity index (χ2n) is 4.02. The van der Waals surface area contributed by atoms with Crippen molar-refractivity contribution >= 4 is 0 Å². The Morgan fingerprint density at radius 3 is 2.93 bits per heavy atom. The number of aryl methyl sites for hydroxylation is 2. The molecule has 1 heterocycles. The highest BCUT2D eigenvalue weighted by atomic mass is 16.1. The Morgan fingerprint density at radius 1 is 1.53 bits per heavy atom. The van der Waals surface area contributed by atoms with Gasteiger partial charge in [0.15, 0.2) is 0 Å². The summed E-state index contributed by atoms with van der Waals surface area (Å²) < 4.78 is 1.79. The lowest BCUT2D eigenvalue weighted by Crippen LogP contribution is -2.24. The molecule has 0 saturated heterocycles. The zero-order chi connectivity index (χ0) is 11.3. The second kappa shape index (κ2) is 5.71. The molecule has 1 aromatic rings. The van der Waals surface area contributed by atoms with Crippen molar-refractivity contribution in [2.75, 3.05) is 7.05 Å². The van der Waals surface area contributed by atoms with Crippen molar-refractivity contribution < 1.29 is 0 Å². The van der Waals surface area contributed by atoms with Crippen LogP contribution in [-0.2, 0) is 6.54 Å². The maximum Gasteiger partial charge on any atom is 0.253 e. The average Bonchev–Trinajstić information content (AvgIpc) is 2.24. The molecule has 15 heavy (non-hydrogen) atoms. The van der Waals surface area contributed by atoms with Crippen molar-refractivity contribution in [3.8, 4) is 0 Å². The van der Waals surface area contributed by atoms with Gasteiger partial charge in [-0.15, -0.1) is 0 Å². The van der Waals surface area contributed by atoms with Crippen LogP contribution in [0.25, 0.3) is 0 Å². The predicted octanol–water partition coefficient (Wildman–Crippen LogP) is 1.54. The first-order valence-corrected chi connectivity index (χ1v) is 5.48. The zero-order valence-electron chi connectivity index (χ0n) is 9.79. The molecular formula is C12H20N2O. The van der Waals surface area contributed by atoms with Crippen molar-refractivity contribution in [1.82, 2.24) is 9.88 Å². The van der Waals surface area contributed by atoms with E-state index in [9.17, 15) is 4.79 Å². The van der Waals surface area contributed by atoms with Crippen LogP contribution in [0, 0.1) is 6.92 Å². The Balaban J connectivity index is 2.51. The largest absolute Gasteiger partial charge is 0.317 e. The highest BCUT2D eigenvalue weighted by molar-refractivity contribution is 5.07. The highest BCUT2D eigenvalue weighted by Gasteiger charge is 2.00. The Labute approximate surface area is 91.1 Å². The fraction of sp³-hybridized carbons (Fsp3) is 0.583. The van der Waals surface area contributed by atoms with Crippen molar-refractivity contribution in [2.45, 2.75) is 39.3 Å². The molecule has 3 nitrogen and oxygen atoms in total. The summed E-state index contributed by atoms with van der Waals surface area (Å²) in [6.45, 7) is 4.82. The van der Waals surface area contributed by atoms with Crippen LogP contribution in [0.3, 0.4) is 0 Å². The summed E-state index contributed by atoms with van der Waals surface area (Å²) in [5.74, 6) is 0. The molecule has 0 spiro atoms. The first-order valence-electron chi connectivity index (χ1n) is 5.48. The highest BCUT2D eigenvalue weighted by Crippen LogP contribution is 1.98. The summed E-state index contributed by atoms with van der Waals surface area (Å²) >= 11 is 0. The number of pyridine rings is 1. The predicted molar refractivity (Wildman–Crippen MR) is 63.2 cm³/mol. The summed E-state index contributed by atoms with van der Waals surface area (Å²) in [6.07, 6.45) is 3.99. The van der Waals surface area contributed by atoms with E-state index >= 15 is 0 Å². The first-order chi connectivity index (χ1) is 7.15. The van der Waals surface area contributed by atoms with Crippen LogP contribution in [0.2, 0.25) is 0 Å². The van der Waals surface area contributed by atoms with Crippen molar-refractivity contribution in [3.05, 3.63) is 34.2 Å². The van der Waals surface area contributed by atoms with E-state index in [1.165, 1.54) is 0 Å². The van der Waals surface area contributed by atoms with Gasteiger partial charge in [-0.2, -0.15) is 0 Å². The smallest absolute Gasteiger partial charge is 0.253 e. The Morgan fingerprint density at radius 2 is 2.27 bits per heavy atom. The van der Waals surface area contributed by atoms with E-state index in [4.69, 9.17) is 0 Å². The molecule has 1 unspecified atom stereocenters. The molecule has 1 rings (SSSR count). The van der Waals surface area contributed by atoms with Crippen molar-refractivity contribution in [1.29, 1.82) is 0 Å². The van der Waals surface area contributed by atoms with Crippen molar-refractivity contribution in [2.24, 2.45) is 0 Å². The van der Waals surface area contributed by atoms with E-state index in [2.05, 4.69) is 12.2 Å². The van der Waals surface area contributed by atoms with Gasteiger partial charge < -0.3 is 9.88 Å². The van der Waals surface area contributed by atoms with Crippen LogP contribution < -0.4 is 10.9 Å². The topological polar surface area (TPSA) is 34.0 Å². The number of hydrogen-bond acceptors (Lipinski definition) is 2. The van der Waals surface area contributed by atoms with E-state index in [-0.39, 0.29) is 5.56 Å². The third kappa shape index (κ3) is 3.51. The number of nitrogens with zero attached hydrogens (tertiary/aromatic N) is 1. The number of rotatable bonds is 5. The third-order valence-corrected chi connectivity index (χ3v) is 2.74. The van der Waals surface area contributed by atoms with E-state index in [1.54, 1.807) is 4.57 Å². The van der Waals surface area contributed by atoms with Gasteiger partial charge in [0.2, 0.25) is 0 Å². The third-order valence-electron chi connectivity index (χ3n) is 2.74. The molecule has 0 bridgehead atoms. The quantitative estimate of drug-likeness (QED) is 0.796. The lowest BCUT2D eigenvalue weighted by molar-refractivity contribution is 0.501. The van der Waals surface area contributed by atoms with Crippen molar-refractivity contribution in [3.63, 3.8) is 0 Å². The number of hydrogen-bond donors (Lipinski definition) is 1. The van der Waals surface area contributed by atoms with Gasteiger partial charge in [-0.3, -0.25) is 4.79 Å². The fourth-order valence-corrected chi connectivity index (χ4v) is 1.55. The molecule has 0 aliphatic rings. The molecule has 84 valence electrons.